The predicted molar refractivity (Wildman–Crippen MR) is 53.6 cm³/mol. The number of benzene rings is 1. The Bertz CT molecular complexity index is 366. The Morgan fingerprint density at radius 1 is 1.46 bits per heavy atom. The van der Waals surface area contributed by atoms with Crippen molar-refractivity contribution >= 4 is 5.78 Å². The summed E-state index contributed by atoms with van der Waals surface area (Å²) in [4.78, 5) is 11.5. The number of ketones is 1. The summed E-state index contributed by atoms with van der Waals surface area (Å²) in [7, 11) is 0. The van der Waals surface area contributed by atoms with Crippen LogP contribution in [0.2, 0.25) is 0 Å². The molecule has 1 aromatic carbocycles. The van der Waals surface area contributed by atoms with Gasteiger partial charge in [0.05, 0.1) is 6.42 Å². The summed E-state index contributed by atoms with van der Waals surface area (Å²) in [6.45, 7) is 3.71. The number of carbonyl (C=O) groups excluding carboxylic acids is 1. The van der Waals surface area contributed by atoms with Crippen molar-refractivity contribution in [3.05, 3.63) is 35.4 Å². The smallest absolute Gasteiger partial charge is 0.174 e. The molecule has 0 aliphatic heterocycles. The molecule has 1 heteroatoms. The van der Waals surface area contributed by atoms with Crippen LogP contribution < -0.4 is 0 Å². The molecule has 66 valence electrons. The Hall–Kier alpha value is -1.55. The van der Waals surface area contributed by atoms with E-state index in [1.807, 2.05) is 31.2 Å². The molecule has 0 aliphatic rings. The van der Waals surface area contributed by atoms with Crippen molar-refractivity contribution in [3.8, 4) is 11.8 Å². The predicted octanol–water partition coefficient (Wildman–Crippen LogP) is 2.59. The lowest BCUT2D eigenvalue weighted by molar-refractivity contribution is 0.0998. The summed E-state index contributed by atoms with van der Waals surface area (Å²) >= 11 is 0. The van der Waals surface area contributed by atoms with Gasteiger partial charge in [-0.15, -0.1) is 5.92 Å². The van der Waals surface area contributed by atoms with Gasteiger partial charge in [0.1, 0.15) is 0 Å². The minimum absolute atomic E-state index is 0.0954. The Kier molecular flexibility index (Phi) is 3.28. The minimum Gasteiger partial charge on any atom is -0.293 e. The van der Waals surface area contributed by atoms with Gasteiger partial charge in [0.2, 0.25) is 0 Å². The number of rotatable bonds is 2. The van der Waals surface area contributed by atoms with E-state index in [9.17, 15) is 4.79 Å². The topological polar surface area (TPSA) is 17.1 Å². The molecular weight excluding hydrogens is 160 g/mol. The van der Waals surface area contributed by atoms with E-state index in [-0.39, 0.29) is 5.78 Å². The number of aryl methyl sites for hydroxylation is 1. The third-order valence-electron chi connectivity index (χ3n) is 1.77. The van der Waals surface area contributed by atoms with Crippen LogP contribution in [0.4, 0.5) is 0 Å². The molecule has 0 saturated carbocycles. The molecule has 0 atom stereocenters. The molecule has 0 radical (unpaired) electrons. The number of hydrogen-bond acceptors (Lipinski definition) is 1. The van der Waals surface area contributed by atoms with Gasteiger partial charge in [-0.1, -0.05) is 29.7 Å². The molecule has 0 spiro atoms. The molecule has 0 aliphatic carbocycles. The quantitative estimate of drug-likeness (QED) is 0.495. The molecule has 1 nitrogen and oxygen atoms in total. The van der Waals surface area contributed by atoms with Gasteiger partial charge in [0, 0.05) is 5.56 Å². The van der Waals surface area contributed by atoms with E-state index >= 15 is 0 Å². The van der Waals surface area contributed by atoms with Crippen LogP contribution in [0.5, 0.6) is 0 Å². The number of Topliss-reactive ketones (excluding diaryl/α,β-unsaturated/α-hetero) is 1. The van der Waals surface area contributed by atoms with Crippen LogP contribution in [-0.4, -0.2) is 5.78 Å². The second-order valence-electron chi connectivity index (χ2n) is 2.90. The van der Waals surface area contributed by atoms with Gasteiger partial charge in [-0.25, -0.2) is 0 Å². The number of hydrogen-bond donors (Lipinski definition) is 0. The van der Waals surface area contributed by atoms with E-state index in [1.54, 1.807) is 6.92 Å². The lowest BCUT2D eigenvalue weighted by Gasteiger charge is -1.97. The maximum atomic E-state index is 11.5. The Morgan fingerprint density at radius 2 is 2.23 bits per heavy atom. The van der Waals surface area contributed by atoms with Crippen LogP contribution in [0, 0.1) is 18.8 Å². The zero-order valence-corrected chi connectivity index (χ0v) is 7.92. The largest absolute Gasteiger partial charge is 0.293 e. The molecule has 0 bridgehead atoms. The summed E-state index contributed by atoms with van der Waals surface area (Å²) in [5.41, 5.74) is 1.86. The highest BCUT2D eigenvalue weighted by Gasteiger charge is 2.02. The molecule has 1 rings (SSSR count). The van der Waals surface area contributed by atoms with Crippen LogP contribution in [0.15, 0.2) is 24.3 Å². The van der Waals surface area contributed by atoms with Crippen LogP contribution in [0.3, 0.4) is 0 Å². The fourth-order valence-electron chi connectivity index (χ4n) is 1.09. The summed E-state index contributed by atoms with van der Waals surface area (Å²) in [5.74, 6) is 5.57. The first-order valence-corrected chi connectivity index (χ1v) is 4.23. The summed E-state index contributed by atoms with van der Waals surface area (Å²) < 4.78 is 0. The van der Waals surface area contributed by atoms with Gasteiger partial charge >= 0.3 is 0 Å². The Balaban J connectivity index is 2.81. The van der Waals surface area contributed by atoms with Crippen molar-refractivity contribution in [3.63, 3.8) is 0 Å². The molecule has 0 amide bonds. The molecule has 0 saturated heterocycles. The van der Waals surface area contributed by atoms with E-state index < -0.39 is 0 Å². The first-order chi connectivity index (χ1) is 6.24. The monoisotopic (exact) mass is 172 g/mol. The zero-order chi connectivity index (χ0) is 9.68. The minimum atomic E-state index is 0.0954. The third kappa shape index (κ3) is 2.76. The second kappa shape index (κ2) is 4.47. The van der Waals surface area contributed by atoms with Crippen molar-refractivity contribution in [1.82, 2.24) is 0 Å². The average molecular weight is 172 g/mol. The van der Waals surface area contributed by atoms with Crippen molar-refractivity contribution < 1.29 is 4.79 Å². The van der Waals surface area contributed by atoms with E-state index in [4.69, 9.17) is 0 Å². The van der Waals surface area contributed by atoms with E-state index in [0.29, 0.717) is 6.42 Å². The second-order valence-corrected chi connectivity index (χ2v) is 2.90. The van der Waals surface area contributed by atoms with Gasteiger partial charge in [-0.05, 0) is 19.9 Å². The Morgan fingerprint density at radius 3 is 2.85 bits per heavy atom. The standard InChI is InChI=1S/C12H12O/c1-3-4-8-12(13)11-7-5-6-10(2)9-11/h5-7,9H,8H2,1-2H3. The third-order valence-corrected chi connectivity index (χ3v) is 1.77. The van der Waals surface area contributed by atoms with Gasteiger partial charge in [0.25, 0.3) is 0 Å². The summed E-state index contributed by atoms with van der Waals surface area (Å²) in [6, 6.07) is 7.58. The molecular formula is C12H12O. The van der Waals surface area contributed by atoms with Crippen LogP contribution in [0.1, 0.15) is 29.3 Å². The van der Waals surface area contributed by atoms with Gasteiger partial charge in [0.15, 0.2) is 5.78 Å². The van der Waals surface area contributed by atoms with E-state index in [1.165, 1.54) is 0 Å². The van der Waals surface area contributed by atoms with E-state index in [0.717, 1.165) is 11.1 Å². The summed E-state index contributed by atoms with van der Waals surface area (Å²) in [5, 5.41) is 0. The maximum absolute atomic E-state index is 11.5. The maximum Gasteiger partial charge on any atom is 0.174 e. The highest BCUT2D eigenvalue weighted by atomic mass is 16.1. The van der Waals surface area contributed by atoms with Gasteiger partial charge < -0.3 is 0 Å². The molecule has 0 unspecified atom stereocenters. The van der Waals surface area contributed by atoms with Crippen LogP contribution in [-0.2, 0) is 0 Å². The van der Waals surface area contributed by atoms with Gasteiger partial charge in [-0.3, -0.25) is 4.79 Å². The highest BCUT2D eigenvalue weighted by molar-refractivity contribution is 5.97. The van der Waals surface area contributed by atoms with Crippen molar-refractivity contribution in [2.24, 2.45) is 0 Å². The van der Waals surface area contributed by atoms with Crippen molar-refractivity contribution in [2.45, 2.75) is 20.3 Å². The molecule has 1 aromatic rings. The van der Waals surface area contributed by atoms with Crippen molar-refractivity contribution in [2.75, 3.05) is 0 Å². The normalized spacial score (nSPS) is 8.77. The number of carbonyl (C=O) groups is 1. The Labute approximate surface area is 78.8 Å². The first-order valence-electron chi connectivity index (χ1n) is 4.23. The zero-order valence-electron chi connectivity index (χ0n) is 7.92. The summed E-state index contributed by atoms with van der Waals surface area (Å²) in [6.07, 6.45) is 0.319. The van der Waals surface area contributed by atoms with Crippen LogP contribution in [0.25, 0.3) is 0 Å². The fraction of sp³-hybridized carbons (Fsp3) is 0.250. The van der Waals surface area contributed by atoms with Crippen LogP contribution >= 0.6 is 0 Å². The first kappa shape index (κ1) is 9.54. The van der Waals surface area contributed by atoms with Crippen molar-refractivity contribution in [1.29, 1.82) is 0 Å². The van der Waals surface area contributed by atoms with Gasteiger partial charge in [-0.2, -0.15) is 0 Å². The lowest BCUT2D eigenvalue weighted by Crippen LogP contribution is -1.97. The lowest BCUT2D eigenvalue weighted by atomic mass is 10.1. The molecule has 0 N–H and O–H groups in total. The molecule has 0 heterocycles. The van der Waals surface area contributed by atoms with E-state index in [2.05, 4.69) is 11.8 Å². The highest BCUT2D eigenvalue weighted by Crippen LogP contribution is 2.06. The molecule has 0 aromatic heterocycles. The molecule has 0 fully saturated rings. The molecule has 13 heavy (non-hydrogen) atoms. The fourth-order valence-corrected chi connectivity index (χ4v) is 1.09. The average Bonchev–Trinajstić information content (AvgIpc) is 2.14. The SMILES string of the molecule is CC#CCC(=O)c1cccc(C)c1.